The monoisotopic (exact) mass is 173 g/mol. The summed E-state index contributed by atoms with van der Waals surface area (Å²) in [4.78, 5) is 11.1. The van der Waals surface area contributed by atoms with E-state index < -0.39 is 0 Å². The predicted octanol–water partition coefficient (Wildman–Crippen LogP) is -0.480. The summed E-state index contributed by atoms with van der Waals surface area (Å²) in [5.41, 5.74) is 0. The molecule has 0 aromatic carbocycles. The first-order valence-corrected chi connectivity index (χ1v) is 4.20. The van der Waals surface area contributed by atoms with E-state index in [1.54, 1.807) is 0 Å². The molecule has 0 radical (unpaired) electrons. The minimum atomic E-state index is -0.157. The van der Waals surface area contributed by atoms with E-state index in [-0.39, 0.29) is 24.5 Å². The molecule has 0 aromatic heterocycles. The second-order valence-corrected chi connectivity index (χ2v) is 3.08. The van der Waals surface area contributed by atoms with Gasteiger partial charge >= 0.3 is 5.97 Å². The van der Waals surface area contributed by atoms with E-state index in [0.29, 0.717) is 6.42 Å². The fourth-order valence-corrected chi connectivity index (χ4v) is 1.53. The van der Waals surface area contributed by atoms with Crippen molar-refractivity contribution < 1.29 is 14.6 Å². The number of aliphatic hydroxyl groups excluding tert-OH is 1. The van der Waals surface area contributed by atoms with Crippen LogP contribution in [0.1, 0.15) is 12.8 Å². The van der Waals surface area contributed by atoms with Crippen molar-refractivity contribution in [3.05, 3.63) is 0 Å². The van der Waals surface area contributed by atoms with Gasteiger partial charge in [-0.05, 0) is 19.4 Å². The van der Waals surface area contributed by atoms with Crippen LogP contribution in [0.15, 0.2) is 0 Å². The molecule has 2 N–H and O–H groups in total. The highest BCUT2D eigenvalue weighted by Gasteiger charge is 2.26. The summed E-state index contributed by atoms with van der Waals surface area (Å²) in [6.45, 7) is 0.873. The zero-order chi connectivity index (χ0) is 8.97. The van der Waals surface area contributed by atoms with Gasteiger partial charge in [0.25, 0.3) is 0 Å². The molecule has 1 aliphatic rings. The van der Waals surface area contributed by atoms with E-state index in [0.717, 1.165) is 13.0 Å². The van der Waals surface area contributed by atoms with Gasteiger partial charge in [0, 0.05) is 6.04 Å². The lowest BCUT2D eigenvalue weighted by Gasteiger charge is -2.27. The molecule has 2 atom stereocenters. The Morgan fingerprint density at radius 1 is 1.75 bits per heavy atom. The van der Waals surface area contributed by atoms with E-state index in [4.69, 9.17) is 5.11 Å². The zero-order valence-electron chi connectivity index (χ0n) is 7.25. The molecule has 1 fully saturated rings. The quantitative estimate of drug-likeness (QED) is 0.554. The summed E-state index contributed by atoms with van der Waals surface area (Å²) < 4.78 is 4.63. The van der Waals surface area contributed by atoms with Gasteiger partial charge in [0.05, 0.1) is 19.6 Å². The number of hydrogen-bond acceptors (Lipinski definition) is 4. The molecule has 0 bridgehead atoms. The second-order valence-electron chi connectivity index (χ2n) is 3.08. The normalized spacial score (nSPS) is 29.8. The topological polar surface area (TPSA) is 58.6 Å². The molecule has 0 amide bonds. The van der Waals surface area contributed by atoms with Crippen LogP contribution in [-0.2, 0) is 9.53 Å². The lowest BCUT2D eigenvalue weighted by atomic mass is 9.93. The first-order valence-electron chi connectivity index (χ1n) is 4.20. The molecule has 4 nitrogen and oxygen atoms in total. The molecule has 0 spiro atoms. The molecule has 1 rings (SSSR count). The number of esters is 1. The molecule has 0 aliphatic carbocycles. The van der Waals surface area contributed by atoms with Crippen LogP contribution in [-0.4, -0.2) is 37.4 Å². The van der Waals surface area contributed by atoms with E-state index in [1.165, 1.54) is 7.11 Å². The molecule has 1 heterocycles. The highest BCUT2D eigenvalue weighted by molar-refractivity contribution is 5.72. The van der Waals surface area contributed by atoms with Gasteiger partial charge in [0.1, 0.15) is 0 Å². The van der Waals surface area contributed by atoms with Crippen molar-refractivity contribution in [2.75, 3.05) is 20.3 Å². The van der Waals surface area contributed by atoms with Gasteiger partial charge in [-0.2, -0.15) is 0 Å². The lowest BCUT2D eigenvalue weighted by molar-refractivity contribution is -0.146. The Morgan fingerprint density at radius 3 is 3.08 bits per heavy atom. The lowest BCUT2D eigenvalue weighted by Crippen LogP contribution is -2.42. The molecule has 4 heteroatoms. The number of methoxy groups -OCH3 is 1. The third-order valence-electron chi connectivity index (χ3n) is 2.25. The Bertz CT molecular complexity index is 160. The number of carbonyl (C=O) groups excluding carboxylic acids is 1. The summed E-state index contributed by atoms with van der Waals surface area (Å²) in [7, 11) is 1.40. The minimum absolute atomic E-state index is 0.0339. The highest BCUT2D eigenvalue weighted by atomic mass is 16.5. The van der Waals surface area contributed by atoms with Gasteiger partial charge in [-0.15, -0.1) is 0 Å². The van der Waals surface area contributed by atoms with Gasteiger partial charge in [-0.1, -0.05) is 0 Å². The van der Waals surface area contributed by atoms with Crippen LogP contribution in [0.5, 0.6) is 0 Å². The SMILES string of the molecule is COC(=O)C1CCNC(CO)C1. The summed E-state index contributed by atoms with van der Waals surface area (Å²) >= 11 is 0. The molecule has 2 unspecified atom stereocenters. The van der Waals surface area contributed by atoms with Crippen LogP contribution in [0, 0.1) is 5.92 Å². The van der Waals surface area contributed by atoms with Crippen molar-refractivity contribution >= 4 is 5.97 Å². The number of aliphatic hydroxyl groups is 1. The smallest absolute Gasteiger partial charge is 0.308 e. The van der Waals surface area contributed by atoms with Gasteiger partial charge in [0.2, 0.25) is 0 Å². The molecular formula is C8H15NO3. The predicted molar refractivity (Wildman–Crippen MR) is 43.6 cm³/mol. The average molecular weight is 173 g/mol. The Balaban J connectivity index is 2.40. The van der Waals surface area contributed by atoms with Crippen LogP contribution in [0.3, 0.4) is 0 Å². The Labute approximate surface area is 71.9 Å². The molecule has 1 saturated heterocycles. The van der Waals surface area contributed by atoms with Crippen molar-refractivity contribution in [1.29, 1.82) is 0 Å². The maximum absolute atomic E-state index is 11.1. The van der Waals surface area contributed by atoms with Crippen molar-refractivity contribution in [3.63, 3.8) is 0 Å². The fourth-order valence-electron chi connectivity index (χ4n) is 1.53. The average Bonchev–Trinajstić information content (AvgIpc) is 2.17. The Morgan fingerprint density at radius 2 is 2.50 bits per heavy atom. The van der Waals surface area contributed by atoms with Crippen LogP contribution >= 0.6 is 0 Å². The molecule has 0 aromatic rings. The van der Waals surface area contributed by atoms with Gasteiger partial charge in [-0.3, -0.25) is 4.79 Å². The first-order chi connectivity index (χ1) is 5.77. The van der Waals surface area contributed by atoms with Gasteiger partial charge < -0.3 is 15.2 Å². The highest BCUT2D eigenvalue weighted by Crippen LogP contribution is 2.16. The number of piperidine rings is 1. The standard InChI is InChI=1S/C8H15NO3/c1-12-8(11)6-2-3-9-7(4-6)5-10/h6-7,9-10H,2-5H2,1H3. The summed E-state index contributed by atoms with van der Waals surface area (Å²) in [6.07, 6.45) is 1.49. The Hall–Kier alpha value is -0.610. The zero-order valence-corrected chi connectivity index (χ0v) is 7.25. The Kier molecular flexibility index (Phi) is 3.49. The second kappa shape index (κ2) is 4.42. The number of ether oxygens (including phenoxy) is 1. The minimum Gasteiger partial charge on any atom is -0.469 e. The third-order valence-corrected chi connectivity index (χ3v) is 2.25. The van der Waals surface area contributed by atoms with E-state index in [9.17, 15) is 4.79 Å². The molecular weight excluding hydrogens is 158 g/mol. The van der Waals surface area contributed by atoms with E-state index in [1.807, 2.05) is 0 Å². The fraction of sp³-hybridized carbons (Fsp3) is 0.875. The van der Waals surface area contributed by atoms with E-state index >= 15 is 0 Å². The largest absolute Gasteiger partial charge is 0.469 e. The number of hydrogen-bond donors (Lipinski definition) is 2. The molecule has 12 heavy (non-hydrogen) atoms. The molecule has 0 saturated carbocycles. The first kappa shape index (κ1) is 9.48. The molecule has 1 aliphatic heterocycles. The summed E-state index contributed by atoms with van der Waals surface area (Å²) in [6, 6.07) is 0.0582. The van der Waals surface area contributed by atoms with Crippen LogP contribution in [0.2, 0.25) is 0 Å². The summed E-state index contributed by atoms with van der Waals surface area (Å²) in [5, 5.41) is 12.0. The van der Waals surface area contributed by atoms with Crippen molar-refractivity contribution in [2.45, 2.75) is 18.9 Å². The maximum atomic E-state index is 11.1. The van der Waals surface area contributed by atoms with Crippen LogP contribution < -0.4 is 5.32 Å². The van der Waals surface area contributed by atoms with Crippen molar-refractivity contribution in [3.8, 4) is 0 Å². The van der Waals surface area contributed by atoms with E-state index in [2.05, 4.69) is 10.1 Å². The van der Waals surface area contributed by atoms with Crippen LogP contribution in [0.25, 0.3) is 0 Å². The third kappa shape index (κ3) is 2.19. The van der Waals surface area contributed by atoms with Crippen molar-refractivity contribution in [1.82, 2.24) is 5.32 Å². The maximum Gasteiger partial charge on any atom is 0.308 e. The molecule has 70 valence electrons. The van der Waals surface area contributed by atoms with Gasteiger partial charge in [-0.25, -0.2) is 0 Å². The summed E-state index contributed by atoms with van der Waals surface area (Å²) in [5.74, 6) is -0.191. The number of carbonyl (C=O) groups is 1. The number of nitrogens with one attached hydrogen (secondary N) is 1. The van der Waals surface area contributed by atoms with Gasteiger partial charge in [0.15, 0.2) is 0 Å². The van der Waals surface area contributed by atoms with Crippen molar-refractivity contribution in [2.24, 2.45) is 5.92 Å². The number of rotatable bonds is 2. The van der Waals surface area contributed by atoms with Crippen LogP contribution in [0.4, 0.5) is 0 Å².